The molecule has 1 aromatic rings. The first kappa shape index (κ1) is 14.7. The number of halogens is 1. The second-order valence-corrected chi connectivity index (χ2v) is 7.58. The zero-order chi connectivity index (χ0) is 15.0. The van der Waals surface area contributed by atoms with Gasteiger partial charge in [0.1, 0.15) is 10.7 Å². The maximum atomic E-state index is 13.1. The summed E-state index contributed by atoms with van der Waals surface area (Å²) in [6.45, 7) is 1.73. The van der Waals surface area contributed by atoms with Crippen LogP contribution in [-0.2, 0) is 14.8 Å². The van der Waals surface area contributed by atoms with E-state index < -0.39 is 15.8 Å². The second-order valence-electron chi connectivity index (χ2n) is 5.72. The molecule has 2 fully saturated rings. The highest BCUT2D eigenvalue weighted by Crippen LogP contribution is 2.35. The Kier molecular flexibility index (Phi) is 3.90. The van der Waals surface area contributed by atoms with E-state index in [4.69, 9.17) is 10.5 Å². The maximum Gasteiger partial charge on any atom is 0.245 e. The highest BCUT2D eigenvalue weighted by molar-refractivity contribution is 7.89. The summed E-state index contributed by atoms with van der Waals surface area (Å²) in [6.07, 6.45) is 2.61. The fourth-order valence-corrected chi connectivity index (χ4v) is 4.53. The van der Waals surface area contributed by atoms with Gasteiger partial charge in [-0.3, -0.25) is 0 Å². The Hall–Kier alpha value is -1.18. The molecule has 1 atom stereocenters. The van der Waals surface area contributed by atoms with Crippen molar-refractivity contribution >= 4 is 15.7 Å². The van der Waals surface area contributed by atoms with Crippen molar-refractivity contribution in [2.75, 3.05) is 25.5 Å². The van der Waals surface area contributed by atoms with Crippen LogP contribution in [0.4, 0.5) is 10.1 Å². The normalized spacial score (nSPS) is 22.9. The molecule has 1 aliphatic carbocycles. The SMILES string of the molecule is Nc1cc(F)ccc1S(=O)(=O)N(CC1CCOC1)C1CC1. The molecule has 1 saturated heterocycles. The van der Waals surface area contributed by atoms with E-state index >= 15 is 0 Å². The molecule has 0 amide bonds. The van der Waals surface area contributed by atoms with Crippen molar-refractivity contribution in [3.63, 3.8) is 0 Å². The summed E-state index contributed by atoms with van der Waals surface area (Å²) < 4.78 is 45.6. The number of nitrogens with zero attached hydrogens (tertiary/aromatic N) is 1. The number of benzene rings is 1. The van der Waals surface area contributed by atoms with Gasteiger partial charge in [-0.05, 0) is 43.4 Å². The average molecular weight is 314 g/mol. The van der Waals surface area contributed by atoms with Crippen molar-refractivity contribution in [2.45, 2.75) is 30.2 Å². The highest BCUT2D eigenvalue weighted by atomic mass is 32.2. The van der Waals surface area contributed by atoms with Gasteiger partial charge in [-0.1, -0.05) is 0 Å². The number of nitrogen functional groups attached to an aromatic ring is 1. The van der Waals surface area contributed by atoms with Crippen LogP contribution in [0.15, 0.2) is 23.1 Å². The molecule has 0 radical (unpaired) electrons. The van der Waals surface area contributed by atoms with Gasteiger partial charge in [0.15, 0.2) is 0 Å². The first-order valence-electron chi connectivity index (χ1n) is 7.13. The van der Waals surface area contributed by atoms with Gasteiger partial charge in [0, 0.05) is 19.2 Å². The minimum Gasteiger partial charge on any atom is -0.398 e. The smallest absolute Gasteiger partial charge is 0.245 e. The van der Waals surface area contributed by atoms with Gasteiger partial charge < -0.3 is 10.5 Å². The van der Waals surface area contributed by atoms with E-state index in [1.807, 2.05) is 0 Å². The molecule has 5 nitrogen and oxygen atoms in total. The van der Waals surface area contributed by atoms with E-state index in [9.17, 15) is 12.8 Å². The summed E-state index contributed by atoms with van der Waals surface area (Å²) in [5, 5.41) is 0. The van der Waals surface area contributed by atoms with E-state index in [1.165, 1.54) is 10.4 Å². The Bertz CT molecular complexity index is 625. The van der Waals surface area contributed by atoms with Gasteiger partial charge in [-0.15, -0.1) is 0 Å². The second kappa shape index (κ2) is 5.55. The van der Waals surface area contributed by atoms with Crippen LogP contribution in [0.3, 0.4) is 0 Å². The Morgan fingerprint density at radius 3 is 2.67 bits per heavy atom. The molecule has 2 aliphatic rings. The average Bonchev–Trinajstić information content (AvgIpc) is 3.11. The van der Waals surface area contributed by atoms with E-state index in [0.717, 1.165) is 31.4 Å². The van der Waals surface area contributed by atoms with Crippen LogP contribution in [0.5, 0.6) is 0 Å². The zero-order valence-electron chi connectivity index (χ0n) is 11.7. The maximum absolute atomic E-state index is 13.1. The summed E-state index contributed by atoms with van der Waals surface area (Å²) in [4.78, 5) is -0.00489. The number of nitrogens with two attached hydrogens (primary N) is 1. The zero-order valence-corrected chi connectivity index (χ0v) is 12.5. The minimum atomic E-state index is -3.69. The number of rotatable bonds is 5. The Balaban J connectivity index is 1.89. The molecule has 1 aromatic carbocycles. The molecule has 1 unspecified atom stereocenters. The largest absolute Gasteiger partial charge is 0.398 e. The van der Waals surface area contributed by atoms with Crippen molar-refractivity contribution in [2.24, 2.45) is 5.92 Å². The molecule has 7 heteroatoms. The predicted molar refractivity (Wildman–Crippen MR) is 76.7 cm³/mol. The summed E-state index contributed by atoms with van der Waals surface area (Å²) in [5.74, 6) is -0.310. The third-order valence-electron chi connectivity index (χ3n) is 3.97. The van der Waals surface area contributed by atoms with Gasteiger partial charge in [0.05, 0.1) is 12.3 Å². The van der Waals surface area contributed by atoms with Crippen LogP contribution in [0.2, 0.25) is 0 Å². The van der Waals surface area contributed by atoms with Crippen molar-refractivity contribution in [1.29, 1.82) is 0 Å². The summed E-state index contributed by atoms with van der Waals surface area (Å²) in [6, 6.07) is 3.48. The Morgan fingerprint density at radius 1 is 1.33 bits per heavy atom. The van der Waals surface area contributed by atoms with E-state index in [1.54, 1.807) is 0 Å². The van der Waals surface area contributed by atoms with E-state index in [2.05, 4.69) is 0 Å². The van der Waals surface area contributed by atoms with Crippen molar-refractivity contribution in [3.05, 3.63) is 24.0 Å². The molecule has 0 aromatic heterocycles. The van der Waals surface area contributed by atoms with Gasteiger partial charge in [0.25, 0.3) is 0 Å². The number of ether oxygens (including phenoxy) is 1. The van der Waals surface area contributed by atoms with Crippen molar-refractivity contribution in [3.8, 4) is 0 Å². The molecule has 1 aliphatic heterocycles. The van der Waals surface area contributed by atoms with Gasteiger partial charge in [0.2, 0.25) is 10.0 Å². The minimum absolute atomic E-state index is 0.00489. The molecule has 2 N–H and O–H groups in total. The van der Waals surface area contributed by atoms with Crippen LogP contribution in [0, 0.1) is 11.7 Å². The molecule has 3 rings (SSSR count). The van der Waals surface area contributed by atoms with Crippen LogP contribution in [0.1, 0.15) is 19.3 Å². The first-order chi connectivity index (χ1) is 9.98. The van der Waals surface area contributed by atoms with Crippen LogP contribution >= 0.6 is 0 Å². The quantitative estimate of drug-likeness (QED) is 0.838. The molecular weight excluding hydrogens is 295 g/mol. The summed E-state index contributed by atoms with van der Waals surface area (Å²) in [7, 11) is -3.69. The fraction of sp³-hybridized carbons (Fsp3) is 0.571. The molecule has 1 saturated carbocycles. The number of sulfonamides is 1. The van der Waals surface area contributed by atoms with Crippen LogP contribution < -0.4 is 5.73 Å². The number of hydrogen-bond acceptors (Lipinski definition) is 4. The molecule has 1 heterocycles. The third kappa shape index (κ3) is 3.04. The molecule has 0 bridgehead atoms. The molecule has 116 valence electrons. The lowest BCUT2D eigenvalue weighted by atomic mass is 10.1. The van der Waals surface area contributed by atoms with Gasteiger partial charge in [-0.2, -0.15) is 4.31 Å². The van der Waals surface area contributed by atoms with Gasteiger partial charge >= 0.3 is 0 Å². The summed E-state index contributed by atoms with van der Waals surface area (Å²) >= 11 is 0. The topological polar surface area (TPSA) is 72.6 Å². The first-order valence-corrected chi connectivity index (χ1v) is 8.57. The molecular formula is C14H19FN2O3S. The lowest BCUT2D eigenvalue weighted by Crippen LogP contribution is -2.37. The number of anilines is 1. The molecule has 0 spiro atoms. The lowest BCUT2D eigenvalue weighted by molar-refractivity contribution is 0.180. The predicted octanol–water partition coefficient (Wildman–Crippen LogP) is 1.60. The lowest BCUT2D eigenvalue weighted by Gasteiger charge is -2.25. The van der Waals surface area contributed by atoms with Gasteiger partial charge in [-0.25, -0.2) is 12.8 Å². The van der Waals surface area contributed by atoms with E-state index in [-0.39, 0.29) is 22.5 Å². The monoisotopic (exact) mass is 314 g/mol. The third-order valence-corrected chi connectivity index (χ3v) is 5.97. The Labute approximate surface area is 123 Å². The van der Waals surface area contributed by atoms with Crippen LogP contribution in [-0.4, -0.2) is 38.5 Å². The molecule has 21 heavy (non-hydrogen) atoms. The van der Waals surface area contributed by atoms with Crippen molar-refractivity contribution < 1.29 is 17.5 Å². The number of hydrogen-bond donors (Lipinski definition) is 1. The van der Waals surface area contributed by atoms with E-state index in [0.29, 0.717) is 19.8 Å². The highest BCUT2D eigenvalue weighted by Gasteiger charge is 2.40. The summed E-state index contributed by atoms with van der Waals surface area (Å²) in [5.41, 5.74) is 5.66. The standard InChI is InChI=1S/C14H19FN2O3S/c15-11-1-4-14(13(16)7-11)21(18,19)17(12-2-3-12)8-10-5-6-20-9-10/h1,4,7,10,12H,2-3,5-6,8-9,16H2. The Morgan fingerprint density at radius 2 is 2.10 bits per heavy atom. The van der Waals surface area contributed by atoms with Crippen molar-refractivity contribution in [1.82, 2.24) is 4.31 Å². The fourth-order valence-electron chi connectivity index (χ4n) is 2.67. The van der Waals surface area contributed by atoms with Crippen LogP contribution in [0.25, 0.3) is 0 Å².